The molecule has 24 heavy (non-hydrogen) atoms. The Morgan fingerprint density at radius 1 is 1.42 bits per heavy atom. The molecule has 0 aromatic heterocycles. The molecule has 1 fully saturated rings. The Labute approximate surface area is 142 Å². The number of sulfonamides is 1. The van der Waals surface area contributed by atoms with E-state index in [-0.39, 0.29) is 30.3 Å². The van der Waals surface area contributed by atoms with Gasteiger partial charge in [-0.25, -0.2) is 17.5 Å². The van der Waals surface area contributed by atoms with Gasteiger partial charge in [0, 0.05) is 32.1 Å². The maximum Gasteiger partial charge on any atom is 0.243 e. The normalized spacial score (nSPS) is 20.8. The molecule has 1 aliphatic heterocycles. The highest BCUT2D eigenvalue weighted by atomic mass is 32.2. The first-order valence-electron chi connectivity index (χ1n) is 7.91. The summed E-state index contributed by atoms with van der Waals surface area (Å²) in [6.07, 6.45) is 0.749. The highest BCUT2D eigenvalue weighted by molar-refractivity contribution is 7.89. The number of hydrogen-bond acceptors (Lipinski definition) is 4. The Morgan fingerprint density at radius 3 is 2.71 bits per heavy atom. The number of nitrogens with zero attached hydrogens (tertiary/aromatic N) is 1. The number of amides is 1. The number of halogens is 1. The first kappa shape index (κ1) is 18.8. The zero-order valence-corrected chi connectivity index (χ0v) is 14.8. The fourth-order valence-electron chi connectivity index (χ4n) is 2.78. The first-order chi connectivity index (χ1) is 11.1. The predicted molar refractivity (Wildman–Crippen MR) is 89.2 cm³/mol. The van der Waals surface area contributed by atoms with Crippen LogP contribution in [0.4, 0.5) is 4.39 Å². The maximum atomic E-state index is 13.6. The minimum Gasteiger partial charge on any atom is -0.342 e. The van der Waals surface area contributed by atoms with Crippen LogP contribution in [0.25, 0.3) is 0 Å². The molecule has 0 radical (unpaired) electrons. The Kier molecular flexibility index (Phi) is 5.62. The van der Waals surface area contributed by atoms with Gasteiger partial charge in [0.25, 0.3) is 0 Å². The summed E-state index contributed by atoms with van der Waals surface area (Å²) in [5, 5.41) is 0. The first-order valence-corrected chi connectivity index (χ1v) is 9.39. The van der Waals surface area contributed by atoms with E-state index in [9.17, 15) is 17.6 Å². The van der Waals surface area contributed by atoms with Crippen LogP contribution in [-0.2, 0) is 14.8 Å². The van der Waals surface area contributed by atoms with E-state index in [1.54, 1.807) is 4.90 Å². The quantitative estimate of drug-likeness (QED) is 0.825. The molecular formula is C16H24FN3O3S. The molecule has 1 aliphatic rings. The molecule has 2 rings (SSSR count). The lowest BCUT2D eigenvalue weighted by atomic mass is 9.79. The fourth-order valence-corrected chi connectivity index (χ4v) is 3.89. The van der Waals surface area contributed by atoms with Gasteiger partial charge in [-0.3, -0.25) is 4.79 Å². The van der Waals surface area contributed by atoms with Crippen molar-refractivity contribution < 1.29 is 17.6 Å². The molecule has 3 N–H and O–H groups in total. The highest BCUT2D eigenvalue weighted by Crippen LogP contribution is 2.27. The van der Waals surface area contributed by atoms with E-state index in [0.29, 0.717) is 13.1 Å². The third-order valence-electron chi connectivity index (χ3n) is 4.42. The number of hydrogen-bond donors (Lipinski definition) is 2. The third-order valence-corrected chi connectivity index (χ3v) is 5.92. The van der Waals surface area contributed by atoms with E-state index in [1.165, 1.54) is 18.2 Å². The van der Waals surface area contributed by atoms with Crippen LogP contribution in [0.2, 0.25) is 0 Å². The van der Waals surface area contributed by atoms with Crippen LogP contribution in [0.15, 0.2) is 29.2 Å². The number of carbonyl (C=O) groups excluding carboxylic acids is 1. The summed E-state index contributed by atoms with van der Waals surface area (Å²) >= 11 is 0. The summed E-state index contributed by atoms with van der Waals surface area (Å²) in [7, 11) is -3.96. The van der Waals surface area contributed by atoms with E-state index in [2.05, 4.69) is 4.72 Å². The molecule has 6 nitrogen and oxygen atoms in total. The number of nitrogens with two attached hydrogens (primary N) is 1. The molecule has 0 spiro atoms. The Hall–Kier alpha value is -1.51. The molecule has 1 saturated heterocycles. The predicted octanol–water partition coefficient (Wildman–Crippen LogP) is 1.08. The minimum atomic E-state index is -3.96. The number of nitrogens with one attached hydrogen (secondary N) is 1. The standard InChI is InChI=1S/C16H24FN3O3S/c1-16(2)11-20(10-8-14(16)18)15(21)7-9-19-24(22,23)13-6-4-3-5-12(13)17/h3-6,14,19H,7-11,18H2,1-2H3. The molecule has 1 aromatic rings. The smallest absolute Gasteiger partial charge is 0.243 e. The second kappa shape index (κ2) is 7.16. The molecule has 1 amide bonds. The van der Waals surface area contributed by atoms with Crippen LogP contribution in [0.1, 0.15) is 26.7 Å². The molecule has 0 aliphatic carbocycles. The van der Waals surface area contributed by atoms with Crippen LogP contribution in [0, 0.1) is 11.2 Å². The van der Waals surface area contributed by atoms with Gasteiger partial charge in [0.15, 0.2) is 0 Å². The zero-order chi connectivity index (χ0) is 18.0. The lowest BCUT2D eigenvalue weighted by molar-refractivity contribution is -0.134. The number of likely N-dealkylation sites (tertiary alicyclic amines) is 1. The van der Waals surface area contributed by atoms with Crippen LogP contribution >= 0.6 is 0 Å². The van der Waals surface area contributed by atoms with Gasteiger partial charge in [-0.05, 0) is 24.0 Å². The van der Waals surface area contributed by atoms with Crippen molar-refractivity contribution in [2.24, 2.45) is 11.1 Å². The van der Waals surface area contributed by atoms with E-state index in [1.807, 2.05) is 13.8 Å². The van der Waals surface area contributed by atoms with Gasteiger partial charge in [0.1, 0.15) is 10.7 Å². The molecule has 1 aromatic carbocycles. The summed E-state index contributed by atoms with van der Waals surface area (Å²) in [4.78, 5) is 13.6. The van der Waals surface area contributed by atoms with Gasteiger partial charge in [0.2, 0.25) is 15.9 Å². The maximum absolute atomic E-state index is 13.6. The van der Waals surface area contributed by atoms with E-state index < -0.39 is 20.7 Å². The molecule has 134 valence electrons. The number of rotatable bonds is 5. The summed E-state index contributed by atoms with van der Waals surface area (Å²) < 4.78 is 40.0. The molecule has 8 heteroatoms. The monoisotopic (exact) mass is 357 g/mol. The second-order valence-electron chi connectivity index (χ2n) is 6.78. The molecule has 1 heterocycles. The van der Waals surface area contributed by atoms with Gasteiger partial charge >= 0.3 is 0 Å². The lowest BCUT2D eigenvalue weighted by Gasteiger charge is -2.42. The van der Waals surface area contributed by atoms with Crippen molar-refractivity contribution in [1.29, 1.82) is 0 Å². The van der Waals surface area contributed by atoms with Crippen LogP contribution in [-0.4, -0.2) is 44.9 Å². The number of benzene rings is 1. The highest BCUT2D eigenvalue weighted by Gasteiger charge is 2.35. The zero-order valence-electron chi connectivity index (χ0n) is 14.0. The second-order valence-corrected chi connectivity index (χ2v) is 8.51. The van der Waals surface area contributed by atoms with Gasteiger partial charge in [-0.1, -0.05) is 26.0 Å². The summed E-state index contributed by atoms with van der Waals surface area (Å²) in [5.74, 6) is -0.950. The van der Waals surface area contributed by atoms with Crippen molar-refractivity contribution in [2.45, 2.75) is 37.6 Å². The van der Waals surface area contributed by atoms with Crippen molar-refractivity contribution in [2.75, 3.05) is 19.6 Å². The van der Waals surface area contributed by atoms with E-state index in [4.69, 9.17) is 5.73 Å². The largest absolute Gasteiger partial charge is 0.342 e. The van der Waals surface area contributed by atoms with Gasteiger partial charge in [-0.15, -0.1) is 0 Å². The van der Waals surface area contributed by atoms with Gasteiger partial charge in [0.05, 0.1) is 0 Å². The van der Waals surface area contributed by atoms with E-state index >= 15 is 0 Å². The molecule has 0 saturated carbocycles. The Balaban J connectivity index is 1.90. The van der Waals surface area contributed by atoms with Crippen LogP contribution < -0.4 is 10.5 Å². The Bertz CT molecular complexity index is 706. The molecule has 1 unspecified atom stereocenters. The van der Waals surface area contributed by atoms with Gasteiger partial charge < -0.3 is 10.6 Å². The summed E-state index contributed by atoms with van der Waals surface area (Å²) in [6, 6.07) is 5.18. The average molecular weight is 357 g/mol. The van der Waals surface area contributed by atoms with Crippen LogP contribution in [0.5, 0.6) is 0 Å². The van der Waals surface area contributed by atoms with E-state index in [0.717, 1.165) is 12.5 Å². The van der Waals surface area contributed by atoms with Crippen molar-refractivity contribution in [3.05, 3.63) is 30.1 Å². The van der Waals surface area contributed by atoms with Crippen molar-refractivity contribution >= 4 is 15.9 Å². The van der Waals surface area contributed by atoms with Gasteiger partial charge in [-0.2, -0.15) is 0 Å². The molecule has 0 bridgehead atoms. The minimum absolute atomic E-state index is 0.0268. The van der Waals surface area contributed by atoms with Crippen LogP contribution in [0.3, 0.4) is 0 Å². The number of piperidine rings is 1. The fraction of sp³-hybridized carbons (Fsp3) is 0.562. The van der Waals surface area contributed by atoms with Crippen molar-refractivity contribution in [3.63, 3.8) is 0 Å². The summed E-state index contributed by atoms with van der Waals surface area (Å²) in [6.45, 7) is 5.07. The van der Waals surface area contributed by atoms with Crippen molar-refractivity contribution in [1.82, 2.24) is 9.62 Å². The van der Waals surface area contributed by atoms with Crippen molar-refractivity contribution in [3.8, 4) is 0 Å². The molecule has 1 atom stereocenters. The third kappa shape index (κ3) is 4.31. The lowest BCUT2D eigenvalue weighted by Crippen LogP contribution is -2.54. The topological polar surface area (TPSA) is 92.5 Å². The number of carbonyl (C=O) groups is 1. The SMILES string of the molecule is CC1(C)CN(C(=O)CCNS(=O)(=O)c2ccccc2F)CCC1N. The summed E-state index contributed by atoms with van der Waals surface area (Å²) in [5.41, 5.74) is 5.88. The average Bonchev–Trinajstić information content (AvgIpc) is 2.50. The Morgan fingerprint density at radius 2 is 2.08 bits per heavy atom. The molecular weight excluding hydrogens is 333 g/mol.